The molecule has 0 aromatic rings. The van der Waals surface area contributed by atoms with Gasteiger partial charge in [0.1, 0.15) is 0 Å². The highest BCUT2D eigenvalue weighted by molar-refractivity contribution is 4.92. The summed E-state index contributed by atoms with van der Waals surface area (Å²) in [5, 5.41) is 20.8. The van der Waals surface area contributed by atoms with Crippen molar-refractivity contribution in [1.29, 1.82) is 0 Å². The van der Waals surface area contributed by atoms with Gasteiger partial charge in [-0.1, -0.05) is 6.42 Å². The van der Waals surface area contributed by atoms with Crippen LogP contribution in [0.4, 0.5) is 0 Å². The largest absolute Gasteiger partial charge is 0.381 e. The Kier molecular flexibility index (Phi) is 3.15. The van der Waals surface area contributed by atoms with Gasteiger partial charge in [-0.15, -0.1) is 0 Å². The van der Waals surface area contributed by atoms with Crippen LogP contribution in [0.25, 0.3) is 0 Å². The molecule has 2 heterocycles. The second kappa shape index (κ2) is 4.50. The monoisotopic (exact) mass is 241 g/mol. The molecule has 1 aliphatic carbocycles. The lowest BCUT2D eigenvalue weighted by Gasteiger charge is -2.40. The lowest BCUT2D eigenvalue weighted by atomic mass is 9.97. The topological polar surface area (TPSA) is 52.9 Å². The summed E-state index contributed by atoms with van der Waals surface area (Å²) in [5.41, 5.74) is 0. The van der Waals surface area contributed by atoms with Crippen LogP contribution in [0.3, 0.4) is 0 Å². The van der Waals surface area contributed by atoms with Gasteiger partial charge in [0, 0.05) is 19.7 Å². The van der Waals surface area contributed by atoms with Crippen LogP contribution in [0, 0.1) is 17.8 Å². The predicted octanol–water partition coefficient (Wildman–Crippen LogP) is 0.783. The number of likely N-dealkylation sites (tertiary alicyclic amines) is 1. The quantitative estimate of drug-likeness (QED) is 0.702. The minimum absolute atomic E-state index is 0.143. The number of hydrogen-bond acceptors (Lipinski definition) is 4. The molecule has 17 heavy (non-hydrogen) atoms. The molecule has 4 nitrogen and oxygen atoms in total. The SMILES string of the molecule is OC(O)(C1CCCOC1)N1CC2CCCC2C1. The molecule has 4 heteroatoms. The van der Waals surface area contributed by atoms with Crippen molar-refractivity contribution in [3.8, 4) is 0 Å². The van der Waals surface area contributed by atoms with Crippen LogP contribution in [-0.4, -0.2) is 47.3 Å². The van der Waals surface area contributed by atoms with E-state index in [2.05, 4.69) is 0 Å². The van der Waals surface area contributed by atoms with Crippen LogP contribution in [-0.2, 0) is 4.74 Å². The number of rotatable bonds is 2. The molecule has 3 unspecified atom stereocenters. The second-order valence-corrected chi connectivity index (χ2v) is 5.96. The minimum atomic E-state index is -1.65. The first-order chi connectivity index (χ1) is 8.18. The summed E-state index contributed by atoms with van der Waals surface area (Å²) in [6.07, 6.45) is 5.64. The molecule has 2 N–H and O–H groups in total. The molecule has 98 valence electrons. The molecule has 1 saturated carbocycles. The molecule has 3 rings (SSSR count). The normalized spacial score (nSPS) is 39.5. The van der Waals surface area contributed by atoms with Gasteiger partial charge in [0.05, 0.1) is 12.5 Å². The van der Waals surface area contributed by atoms with Gasteiger partial charge < -0.3 is 14.9 Å². The molecule has 3 atom stereocenters. The van der Waals surface area contributed by atoms with Gasteiger partial charge in [-0.25, -0.2) is 0 Å². The fraction of sp³-hybridized carbons (Fsp3) is 1.00. The molecule has 0 bridgehead atoms. The zero-order chi connectivity index (χ0) is 11.9. The number of fused-ring (bicyclic) bond motifs is 1. The van der Waals surface area contributed by atoms with Crippen LogP contribution in [0.5, 0.6) is 0 Å². The molecular formula is C13H23NO3. The Morgan fingerprint density at radius 1 is 1.00 bits per heavy atom. The van der Waals surface area contributed by atoms with Gasteiger partial charge in [0.25, 0.3) is 0 Å². The van der Waals surface area contributed by atoms with E-state index in [1.165, 1.54) is 19.3 Å². The maximum Gasteiger partial charge on any atom is 0.230 e. The van der Waals surface area contributed by atoms with Crippen LogP contribution in [0.2, 0.25) is 0 Å². The first kappa shape index (κ1) is 11.9. The standard InChI is InChI=1S/C13H23NO3/c15-13(16,12-5-2-6-17-9-12)14-7-10-3-1-4-11(10)8-14/h10-12,15-16H,1-9H2. The van der Waals surface area contributed by atoms with E-state index < -0.39 is 5.91 Å². The highest BCUT2D eigenvalue weighted by Gasteiger charge is 2.48. The average Bonchev–Trinajstić information content (AvgIpc) is 2.90. The van der Waals surface area contributed by atoms with E-state index >= 15 is 0 Å². The Labute approximate surface area is 103 Å². The van der Waals surface area contributed by atoms with E-state index in [0.717, 1.165) is 32.5 Å². The van der Waals surface area contributed by atoms with Crippen LogP contribution in [0.1, 0.15) is 32.1 Å². The van der Waals surface area contributed by atoms with Gasteiger partial charge in [-0.3, -0.25) is 4.90 Å². The van der Waals surface area contributed by atoms with Crippen LogP contribution >= 0.6 is 0 Å². The van der Waals surface area contributed by atoms with E-state index in [9.17, 15) is 10.2 Å². The summed E-state index contributed by atoms with van der Waals surface area (Å²) in [4.78, 5) is 1.89. The van der Waals surface area contributed by atoms with Gasteiger partial charge in [0.15, 0.2) is 0 Å². The third kappa shape index (κ3) is 2.12. The third-order valence-corrected chi connectivity index (χ3v) is 4.90. The van der Waals surface area contributed by atoms with Crippen LogP contribution < -0.4 is 0 Å². The van der Waals surface area contributed by atoms with Gasteiger partial charge >= 0.3 is 0 Å². The molecule has 3 aliphatic rings. The van der Waals surface area contributed by atoms with Gasteiger partial charge in [-0.2, -0.15) is 0 Å². The van der Waals surface area contributed by atoms with E-state index in [1.54, 1.807) is 0 Å². The van der Waals surface area contributed by atoms with Crippen LogP contribution in [0.15, 0.2) is 0 Å². The van der Waals surface area contributed by atoms with E-state index in [0.29, 0.717) is 18.4 Å². The molecule has 0 aromatic carbocycles. The summed E-state index contributed by atoms with van der Waals surface area (Å²) in [7, 11) is 0. The molecule has 2 aliphatic heterocycles. The Morgan fingerprint density at radius 2 is 1.71 bits per heavy atom. The minimum Gasteiger partial charge on any atom is -0.381 e. The molecule has 0 radical (unpaired) electrons. The Hall–Kier alpha value is -0.160. The van der Waals surface area contributed by atoms with Crippen molar-refractivity contribution in [2.45, 2.75) is 38.0 Å². The molecule has 0 spiro atoms. The fourth-order valence-electron chi connectivity index (χ4n) is 3.81. The zero-order valence-electron chi connectivity index (χ0n) is 10.3. The summed E-state index contributed by atoms with van der Waals surface area (Å²) >= 11 is 0. The summed E-state index contributed by atoms with van der Waals surface area (Å²) in [6.45, 7) is 2.96. The van der Waals surface area contributed by atoms with Crippen molar-refractivity contribution in [3.63, 3.8) is 0 Å². The Bertz CT molecular complexity index is 264. The van der Waals surface area contributed by atoms with Crippen molar-refractivity contribution < 1.29 is 14.9 Å². The number of aliphatic hydroxyl groups is 2. The lowest BCUT2D eigenvalue weighted by Crippen LogP contribution is -2.55. The summed E-state index contributed by atoms with van der Waals surface area (Å²) in [5.74, 6) is -0.406. The van der Waals surface area contributed by atoms with E-state index in [4.69, 9.17) is 4.74 Å². The lowest BCUT2D eigenvalue weighted by molar-refractivity contribution is -0.304. The first-order valence-corrected chi connectivity index (χ1v) is 6.95. The first-order valence-electron chi connectivity index (χ1n) is 6.95. The van der Waals surface area contributed by atoms with E-state index in [-0.39, 0.29) is 5.92 Å². The Morgan fingerprint density at radius 3 is 2.29 bits per heavy atom. The van der Waals surface area contributed by atoms with Crippen molar-refractivity contribution in [3.05, 3.63) is 0 Å². The summed E-state index contributed by atoms with van der Waals surface area (Å²) in [6, 6.07) is 0. The van der Waals surface area contributed by atoms with Crippen molar-refractivity contribution in [2.75, 3.05) is 26.3 Å². The maximum absolute atomic E-state index is 10.4. The van der Waals surface area contributed by atoms with Crippen molar-refractivity contribution in [2.24, 2.45) is 17.8 Å². The summed E-state index contributed by atoms with van der Waals surface area (Å²) < 4.78 is 5.38. The van der Waals surface area contributed by atoms with Crippen molar-refractivity contribution >= 4 is 0 Å². The van der Waals surface area contributed by atoms with Gasteiger partial charge in [-0.05, 0) is 37.5 Å². The molecule has 2 saturated heterocycles. The zero-order valence-corrected chi connectivity index (χ0v) is 10.3. The molecule has 3 fully saturated rings. The van der Waals surface area contributed by atoms with Crippen molar-refractivity contribution in [1.82, 2.24) is 4.90 Å². The smallest absolute Gasteiger partial charge is 0.230 e. The second-order valence-electron chi connectivity index (χ2n) is 5.96. The average molecular weight is 241 g/mol. The molecular weight excluding hydrogens is 218 g/mol. The molecule has 0 aromatic heterocycles. The third-order valence-electron chi connectivity index (χ3n) is 4.90. The Balaban J connectivity index is 1.66. The number of ether oxygens (including phenoxy) is 1. The predicted molar refractivity (Wildman–Crippen MR) is 63.1 cm³/mol. The highest BCUT2D eigenvalue weighted by Crippen LogP contribution is 2.41. The highest BCUT2D eigenvalue weighted by atomic mass is 16.5. The van der Waals surface area contributed by atoms with Gasteiger partial charge in [0.2, 0.25) is 5.91 Å². The maximum atomic E-state index is 10.4. The number of hydrogen-bond donors (Lipinski definition) is 2. The molecule has 0 amide bonds. The number of nitrogens with zero attached hydrogens (tertiary/aromatic N) is 1. The van der Waals surface area contributed by atoms with E-state index in [1.807, 2.05) is 4.90 Å². The fourth-order valence-corrected chi connectivity index (χ4v) is 3.81.